The van der Waals surface area contributed by atoms with Gasteiger partial charge in [0.25, 0.3) is 5.91 Å². The summed E-state index contributed by atoms with van der Waals surface area (Å²) in [6.07, 6.45) is -4.67. The summed E-state index contributed by atoms with van der Waals surface area (Å²) in [6.45, 7) is 0. The molecule has 2 rings (SSSR count). The number of hydrogen-bond acceptors (Lipinski definition) is 1. The molecule has 0 saturated carbocycles. The van der Waals surface area contributed by atoms with Crippen molar-refractivity contribution in [1.82, 2.24) is 0 Å². The van der Waals surface area contributed by atoms with Gasteiger partial charge in [-0.15, -0.1) is 0 Å². The minimum atomic E-state index is -4.67. The molecular weight excluding hydrogens is 420 g/mol. The Hall–Kier alpha value is -1.71. The number of benzene rings is 2. The van der Waals surface area contributed by atoms with E-state index in [-0.39, 0.29) is 5.56 Å². The Morgan fingerprint density at radius 2 is 1.73 bits per heavy atom. The van der Waals surface area contributed by atoms with Crippen LogP contribution in [-0.4, -0.2) is 5.91 Å². The molecular formula is C14H7F5INO. The van der Waals surface area contributed by atoms with E-state index in [4.69, 9.17) is 0 Å². The van der Waals surface area contributed by atoms with Crippen molar-refractivity contribution in [2.45, 2.75) is 6.18 Å². The maximum atomic E-state index is 13.6. The predicted molar refractivity (Wildman–Crippen MR) is 78.5 cm³/mol. The molecule has 0 bridgehead atoms. The first kappa shape index (κ1) is 16.7. The van der Waals surface area contributed by atoms with Crippen molar-refractivity contribution < 1.29 is 26.7 Å². The Bertz CT molecular complexity index is 730. The molecule has 0 aliphatic rings. The molecule has 2 aromatic carbocycles. The lowest BCUT2D eigenvalue weighted by Crippen LogP contribution is -2.16. The highest BCUT2D eigenvalue weighted by molar-refractivity contribution is 14.1. The van der Waals surface area contributed by atoms with Crippen LogP contribution < -0.4 is 5.32 Å². The predicted octanol–water partition coefficient (Wildman–Crippen LogP) is 4.84. The van der Waals surface area contributed by atoms with Crippen molar-refractivity contribution in [3.05, 3.63) is 62.7 Å². The zero-order valence-electron chi connectivity index (χ0n) is 10.6. The minimum Gasteiger partial charge on any atom is -0.319 e. The topological polar surface area (TPSA) is 29.1 Å². The molecule has 1 amide bonds. The van der Waals surface area contributed by atoms with Gasteiger partial charge in [-0.3, -0.25) is 4.79 Å². The number of alkyl halides is 3. The highest BCUT2D eigenvalue weighted by Crippen LogP contribution is 2.32. The molecule has 0 spiro atoms. The van der Waals surface area contributed by atoms with Crippen LogP contribution in [0.25, 0.3) is 0 Å². The Morgan fingerprint density at radius 3 is 2.36 bits per heavy atom. The van der Waals surface area contributed by atoms with Gasteiger partial charge in [-0.05, 0) is 59.0 Å². The monoisotopic (exact) mass is 427 g/mol. The van der Waals surface area contributed by atoms with Crippen LogP contribution in [0.15, 0.2) is 36.4 Å². The van der Waals surface area contributed by atoms with Gasteiger partial charge in [0.15, 0.2) is 0 Å². The number of amides is 1. The van der Waals surface area contributed by atoms with Crippen LogP contribution in [0.5, 0.6) is 0 Å². The molecule has 0 aliphatic carbocycles. The first-order chi connectivity index (χ1) is 10.2. The Balaban J connectivity index is 2.34. The second-order valence-corrected chi connectivity index (χ2v) is 5.43. The van der Waals surface area contributed by atoms with Gasteiger partial charge in [0.05, 0.1) is 16.8 Å². The summed E-state index contributed by atoms with van der Waals surface area (Å²) < 4.78 is 64.8. The summed E-state index contributed by atoms with van der Waals surface area (Å²) in [5.74, 6) is -2.61. The van der Waals surface area contributed by atoms with Crippen molar-refractivity contribution in [2.24, 2.45) is 0 Å². The number of carbonyl (C=O) groups is 1. The van der Waals surface area contributed by atoms with E-state index < -0.39 is 35.0 Å². The van der Waals surface area contributed by atoms with Gasteiger partial charge in [0.1, 0.15) is 11.6 Å². The summed E-state index contributed by atoms with van der Waals surface area (Å²) in [6, 6.07) is 5.03. The normalized spacial score (nSPS) is 11.4. The van der Waals surface area contributed by atoms with Crippen LogP contribution in [0.1, 0.15) is 15.9 Å². The van der Waals surface area contributed by atoms with Crippen molar-refractivity contribution >= 4 is 34.2 Å². The summed E-state index contributed by atoms with van der Waals surface area (Å²) in [5.41, 5.74) is -1.82. The molecule has 2 aromatic rings. The Kier molecular flexibility index (Phi) is 4.69. The molecule has 2 nitrogen and oxygen atoms in total. The molecule has 22 heavy (non-hydrogen) atoms. The van der Waals surface area contributed by atoms with E-state index in [1.54, 1.807) is 22.6 Å². The smallest absolute Gasteiger partial charge is 0.319 e. The third-order valence-electron chi connectivity index (χ3n) is 2.71. The molecule has 0 heterocycles. The fourth-order valence-corrected chi connectivity index (χ4v) is 2.24. The molecule has 0 aliphatic heterocycles. The third kappa shape index (κ3) is 3.73. The second-order valence-electron chi connectivity index (χ2n) is 4.27. The fourth-order valence-electron chi connectivity index (χ4n) is 1.66. The highest BCUT2D eigenvalue weighted by atomic mass is 127. The summed E-state index contributed by atoms with van der Waals surface area (Å²) >= 11 is 1.76. The van der Waals surface area contributed by atoms with E-state index in [0.717, 1.165) is 12.1 Å². The van der Waals surface area contributed by atoms with Gasteiger partial charge in [-0.2, -0.15) is 13.2 Å². The lowest BCUT2D eigenvalue weighted by molar-refractivity contribution is -0.137. The van der Waals surface area contributed by atoms with Crippen molar-refractivity contribution in [2.75, 3.05) is 5.32 Å². The van der Waals surface area contributed by atoms with Gasteiger partial charge in [0.2, 0.25) is 0 Å². The zero-order valence-corrected chi connectivity index (χ0v) is 12.8. The molecule has 0 aromatic heterocycles. The van der Waals surface area contributed by atoms with Crippen LogP contribution in [0.3, 0.4) is 0 Å². The summed E-state index contributed by atoms with van der Waals surface area (Å²) in [4.78, 5) is 12.0. The van der Waals surface area contributed by atoms with Crippen LogP contribution in [0.4, 0.5) is 27.6 Å². The average Bonchev–Trinajstić information content (AvgIpc) is 2.42. The number of hydrogen-bond donors (Lipinski definition) is 1. The first-order valence-corrected chi connectivity index (χ1v) is 6.89. The van der Waals surface area contributed by atoms with Crippen molar-refractivity contribution in [3.63, 3.8) is 0 Å². The standard InChI is InChI=1S/C14H7F5INO/c15-8-2-4-11(20)9(6-8)13(22)21-12-5-7(14(17,18)19)1-3-10(12)16/h1-6H,(H,21,22). The second kappa shape index (κ2) is 6.19. The maximum Gasteiger partial charge on any atom is 0.416 e. The third-order valence-corrected chi connectivity index (χ3v) is 3.66. The van der Waals surface area contributed by atoms with Crippen LogP contribution >= 0.6 is 22.6 Å². The van der Waals surface area contributed by atoms with Crippen LogP contribution in [0.2, 0.25) is 0 Å². The van der Waals surface area contributed by atoms with E-state index in [1.165, 1.54) is 6.07 Å². The first-order valence-electron chi connectivity index (χ1n) is 5.81. The van der Waals surface area contributed by atoms with E-state index in [9.17, 15) is 26.7 Å². The van der Waals surface area contributed by atoms with Crippen LogP contribution in [-0.2, 0) is 6.18 Å². The average molecular weight is 427 g/mol. The van der Waals surface area contributed by atoms with Crippen molar-refractivity contribution in [1.29, 1.82) is 0 Å². The Labute approximate surface area is 135 Å². The molecule has 0 unspecified atom stereocenters. The SMILES string of the molecule is O=C(Nc1cc(C(F)(F)F)ccc1F)c1cc(F)ccc1I. The van der Waals surface area contributed by atoms with Gasteiger partial charge >= 0.3 is 6.18 Å². The number of nitrogens with one attached hydrogen (secondary N) is 1. The van der Waals surface area contributed by atoms with Gasteiger partial charge in [-0.25, -0.2) is 8.78 Å². The lowest BCUT2D eigenvalue weighted by atomic mass is 10.1. The van der Waals surface area contributed by atoms with E-state index in [1.807, 2.05) is 5.32 Å². The molecule has 8 heteroatoms. The molecule has 116 valence electrons. The number of halogens is 6. The summed E-state index contributed by atoms with van der Waals surface area (Å²) in [7, 11) is 0. The molecule has 0 atom stereocenters. The highest BCUT2D eigenvalue weighted by Gasteiger charge is 2.31. The minimum absolute atomic E-state index is 0.0996. The summed E-state index contributed by atoms with van der Waals surface area (Å²) in [5, 5.41) is 2.02. The van der Waals surface area contributed by atoms with E-state index in [0.29, 0.717) is 21.8 Å². The van der Waals surface area contributed by atoms with E-state index >= 15 is 0 Å². The number of rotatable bonds is 2. The van der Waals surface area contributed by atoms with Gasteiger partial charge < -0.3 is 5.32 Å². The molecule has 1 N–H and O–H groups in total. The van der Waals surface area contributed by atoms with Crippen LogP contribution in [0, 0.1) is 15.2 Å². The zero-order chi connectivity index (χ0) is 16.5. The molecule has 0 saturated heterocycles. The van der Waals surface area contributed by atoms with Gasteiger partial charge in [0, 0.05) is 3.57 Å². The number of anilines is 1. The number of carbonyl (C=O) groups excluding carboxylic acids is 1. The lowest BCUT2D eigenvalue weighted by Gasteiger charge is -2.11. The van der Waals surface area contributed by atoms with E-state index in [2.05, 4.69) is 0 Å². The van der Waals surface area contributed by atoms with Gasteiger partial charge in [-0.1, -0.05) is 0 Å². The Morgan fingerprint density at radius 1 is 1.05 bits per heavy atom. The fraction of sp³-hybridized carbons (Fsp3) is 0.0714. The molecule has 0 fully saturated rings. The maximum absolute atomic E-state index is 13.6. The quantitative estimate of drug-likeness (QED) is 0.540. The van der Waals surface area contributed by atoms with Crippen molar-refractivity contribution in [3.8, 4) is 0 Å². The molecule has 0 radical (unpaired) electrons. The largest absolute Gasteiger partial charge is 0.416 e.